The Morgan fingerprint density at radius 3 is 2.62 bits per heavy atom. The molecule has 2 bridgehead atoms. The van der Waals surface area contributed by atoms with Crippen LogP contribution in [0.25, 0.3) is 0 Å². The van der Waals surface area contributed by atoms with Crippen LogP contribution in [0.3, 0.4) is 0 Å². The molecule has 7 heteroatoms. The van der Waals surface area contributed by atoms with E-state index < -0.39 is 6.35 Å². The van der Waals surface area contributed by atoms with Gasteiger partial charge in [0.15, 0.2) is 6.35 Å². The van der Waals surface area contributed by atoms with E-state index in [9.17, 15) is 0 Å². The summed E-state index contributed by atoms with van der Waals surface area (Å²) in [6, 6.07) is 3.41. The minimum Gasteiger partial charge on any atom is -0.335 e. The minimum absolute atomic E-state index is 0.174. The van der Waals surface area contributed by atoms with Gasteiger partial charge < -0.3 is 14.5 Å². The highest BCUT2D eigenvalue weighted by atomic mass is 35.5. The average molecular weight is 329 g/mol. The standard InChI is InChI=1S/C14H18Cl2N4O/c15-10-5-11(16)18-12(6-10)20-8-14(21-13(20)17)7-19-3-1-9(14)2-4-19/h5-6,9,13H,1-4,7-8,17H2. The molecule has 5 heterocycles. The first-order valence-electron chi connectivity index (χ1n) is 7.31. The van der Waals surface area contributed by atoms with E-state index in [4.69, 9.17) is 33.7 Å². The number of pyridine rings is 1. The SMILES string of the molecule is NC1OC2(CN3CCC2CC3)CN1c1cc(Cl)cc(Cl)n1. The van der Waals surface area contributed by atoms with Crippen LogP contribution < -0.4 is 10.6 Å². The number of nitrogens with zero attached hydrogens (tertiary/aromatic N) is 3. The minimum atomic E-state index is -0.493. The molecule has 2 N–H and O–H groups in total. The Bertz CT molecular complexity index is 544. The zero-order chi connectivity index (χ0) is 14.6. The number of anilines is 1. The van der Waals surface area contributed by atoms with Crippen LogP contribution in [0.2, 0.25) is 10.2 Å². The lowest BCUT2D eigenvalue weighted by molar-refractivity contribution is -0.137. The maximum Gasteiger partial charge on any atom is 0.186 e. The predicted molar refractivity (Wildman–Crippen MR) is 82.6 cm³/mol. The number of hydrogen-bond acceptors (Lipinski definition) is 5. The zero-order valence-corrected chi connectivity index (χ0v) is 13.1. The van der Waals surface area contributed by atoms with Gasteiger partial charge in [0.2, 0.25) is 0 Å². The molecule has 1 aromatic heterocycles. The average Bonchev–Trinajstić information content (AvgIpc) is 2.75. The Morgan fingerprint density at radius 2 is 2.00 bits per heavy atom. The summed E-state index contributed by atoms with van der Waals surface area (Å²) in [4.78, 5) is 8.78. The van der Waals surface area contributed by atoms with Crippen molar-refractivity contribution in [3.63, 3.8) is 0 Å². The summed E-state index contributed by atoms with van der Waals surface area (Å²) in [5, 5.41) is 0.937. The van der Waals surface area contributed by atoms with Gasteiger partial charge in [0.25, 0.3) is 0 Å². The predicted octanol–water partition coefficient (Wildman–Crippen LogP) is 1.93. The lowest BCUT2D eigenvalue weighted by Crippen LogP contribution is -2.61. The molecule has 5 nitrogen and oxygen atoms in total. The van der Waals surface area contributed by atoms with Crippen molar-refractivity contribution >= 4 is 29.0 Å². The van der Waals surface area contributed by atoms with Crippen molar-refractivity contribution in [2.24, 2.45) is 11.7 Å². The van der Waals surface area contributed by atoms with Crippen molar-refractivity contribution in [3.05, 3.63) is 22.3 Å². The van der Waals surface area contributed by atoms with Crippen molar-refractivity contribution < 1.29 is 4.74 Å². The van der Waals surface area contributed by atoms with E-state index in [2.05, 4.69) is 9.88 Å². The summed E-state index contributed by atoms with van der Waals surface area (Å²) in [5.41, 5.74) is 6.03. The van der Waals surface area contributed by atoms with Gasteiger partial charge in [-0.3, -0.25) is 5.73 Å². The van der Waals surface area contributed by atoms with Gasteiger partial charge in [-0.2, -0.15) is 0 Å². The first-order chi connectivity index (χ1) is 10.1. The Morgan fingerprint density at radius 1 is 1.24 bits per heavy atom. The van der Waals surface area contributed by atoms with Crippen LogP contribution in [0.15, 0.2) is 12.1 Å². The number of nitrogens with two attached hydrogens (primary N) is 1. The molecular formula is C14H18Cl2N4O. The summed E-state index contributed by atoms with van der Waals surface area (Å²) >= 11 is 12.1. The van der Waals surface area contributed by atoms with E-state index in [-0.39, 0.29) is 5.60 Å². The number of ether oxygens (including phenoxy) is 1. The largest absolute Gasteiger partial charge is 0.335 e. The third-order valence-corrected chi connectivity index (χ3v) is 5.37. The second-order valence-corrected chi connectivity index (χ2v) is 7.04. The van der Waals surface area contributed by atoms with E-state index in [1.54, 1.807) is 12.1 Å². The molecule has 2 atom stereocenters. The molecule has 21 heavy (non-hydrogen) atoms. The van der Waals surface area contributed by atoms with Crippen molar-refractivity contribution in [2.45, 2.75) is 24.8 Å². The number of piperidine rings is 3. The van der Waals surface area contributed by atoms with Crippen molar-refractivity contribution in [1.29, 1.82) is 0 Å². The number of halogens is 2. The van der Waals surface area contributed by atoms with Gasteiger partial charge >= 0.3 is 0 Å². The number of hydrogen-bond donors (Lipinski definition) is 1. The van der Waals surface area contributed by atoms with Gasteiger partial charge in [-0.05, 0) is 44.0 Å². The monoisotopic (exact) mass is 328 g/mol. The Hall–Kier alpha value is -0.590. The van der Waals surface area contributed by atoms with Crippen LogP contribution in [-0.2, 0) is 4.74 Å². The fourth-order valence-electron chi connectivity index (χ4n) is 3.97. The molecule has 0 amide bonds. The first kappa shape index (κ1) is 14.0. The van der Waals surface area contributed by atoms with Crippen LogP contribution in [0, 0.1) is 5.92 Å². The first-order valence-corrected chi connectivity index (χ1v) is 8.07. The van der Waals surface area contributed by atoms with Crippen molar-refractivity contribution in [1.82, 2.24) is 9.88 Å². The summed E-state index contributed by atoms with van der Waals surface area (Å²) in [7, 11) is 0. The molecule has 0 aliphatic carbocycles. The van der Waals surface area contributed by atoms with Gasteiger partial charge in [-0.1, -0.05) is 23.2 Å². The van der Waals surface area contributed by atoms with Crippen LogP contribution in [0.4, 0.5) is 5.82 Å². The van der Waals surface area contributed by atoms with Crippen molar-refractivity contribution in [3.8, 4) is 0 Å². The molecular weight excluding hydrogens is 311 g/mol. The highest BCUT2D eigenvalue weighted by Crippen LogP contribution is 2.43. The van der Waals surface area contributed by atoms with Gasteiger partial charge in [-0.15, -0.1) is 0 Å². The third-order valence-electron chi connectivity index (χ3n) is 4.96. The highest BCUT2D eigenvalue weighted by Gasteiger charge is 2.54. The Kier molecular flexibility index (Phi) is 3.32. The molecule has 0 aromatic carbocycles. The molecule has 4 aliphatic heterocycles. The van der Waals surface area contributed by atoms with Gasteiger partial charge in [0.05, 0.1) is 6.54 Å². The summed E-state index contributed by atoms with van der Waals surface area (Å²) in [5.74, 6) is 1.27. The summed E-state index contributed by atoms with van der Waals surface area (Å²) in [6.45, 7) is 4.05. The van der Waals surface area contributed by atoms with E-state index in [0.29, 0.717) is 21.9 Å². The topological polar surface area (TPSA) is 54.6 Å². The van der Waals surface area contributed by atoms with Crippen LogP contribution in [0.5, 0.6) is 0 Å². The number of rotatable bonds is 1. The van der Waals surface area contributed by atoms with E-state index in [0.717, 1.165) is 13.1 Å². The normalized spacial score (nSPS) is 38.4. The molecule has 4 aliphatic rings. The van der Waals surface area contributed by atoms with Crippen LogP contribution in [0.1, 0.15) is 12.8 Å². The lowest BCUT2D eigenvalue weighted by Gasteiger charge is -2.50. The van der Waals surface area contributed by atoms with Crippen LogP contribution >= 0.6 is 23.2 Å². The third kappa shape index (κ3) is 2.32. The maximum absolute atomic E-state index is 6.21. The molecule has 114 valence electrons. The molecule has 0 radical (unpaired) electrons. The van der Waals surface area contributed by atoms with Gasteiger partial charge in [-0.25, -0.2) is 4.98 Å². The fourth-order valence-corrected chi connectivity index (χ4v) is 4.43. The van der Waals surface area contributed by atoms with Gasteiger partial charge in [0, 0.05) is 11.6 Å². The Labute approximate surface area is 133 Å². The molecule has 4 saturated heterocycles. The quantitative estimate of drug-likeness (QED) is 0.798. The second-order valence-electron chi connectivity index (χ2n) is 6.22. The molecule has 1 spiro atoms. The van der Waals surface area contributed by atoms with E-state index >= 15 is 0 Å². The lowest BCUT2D eigenvalue weighted by atomic mass is 9.75. The van der Waals surface area contributed by atoms with E-state index in [1.165, 1.54) is 25.9 Å². The molecule has 5 rings (SSSR count). The molecule has 2 unspecified atom stereocenters. The molecule has 4 fully saturated rings. The summed E-state index contributed by atoms with van der Waals surface area (Å²) in [6.07, 6.45) is 1.88. The zero-order valence-electron chi connectivity index (χ0n) is 11.6. The number of aromatic nitrogens is 1. The van der Waals surface area contributed by atoms with E-state index in [1.807, 2.05) is 4.90 Å². The van der Waals surface area contributed by atoms with Gasteiger partial charge in [0.1, 0.15) is 16.6 Å². The van der Waals surface area contributed by atoms with Crippen LogP contribution in [-0.4, -0.2) is 48.0 Å². The molecule has 0 saturated carbocycles. The summed E-state index contributed by atoms with van der Waals surface area (Å²) < 4.78 is 6.21. The highest BCUT2D eigenvalue weighted by molar-refractivity contribution is 6.34. The molecule has 1 aromatic rings. The Balaban J connectivity index is 1.63. The smallest absolute Gasteiger partial charge is 0.186 e. The second kappa shape index (κ2) is 4.96. The van der Waals surface area contributed by atoms with Crippen molar-refractivity contribution in [2.75, 3.05) is 31.1 Å². The maximum atomic E-state index is 6.21. The fraction of sp³-hybridized carbons (Fsp3) is 0.643. The number of fused-ring (bicyclic) bond motifs is 2.